The number of hydrogen-bond donors (Lipinski definition) is 2. The number of carbonyl (C=O) groups excluding carboxylic acids is 1. The zero-order valence-corrected chi connectivity index (χ0v) is 9.80. The van der Waals surface area contributed by atoms with E-state index in [0.717, 1.165) is 25.2 Å². The van der Waals surface area contributed by atoms with Gasteiger partial charge in [-0.25, -0.2) is 0 Å². The van der Waals surface area contributed by atoms with Gasteiger partial charge in [0.2, 0.25) is 5.91 Å². The van der Waals surface area contributed by atoms with E-state index in [4.69, 9.17) is 5.11 Å². The van der Waals surface area contributed by atoms with Crippen LogP contribution < -0.4 is 5.32 Å². The summed E-state index contributed by atoms with van der Waals surface area (Å²) in [6.45, 7) is 2.34. The summed E-state index contributed by atoms with van der Waals surface area (Å²) in [7, 11) is 0. The first kappa shape index (κ1) is 12.1. The number of para-hydroxylation sites is 1. The summed E-state index contributed by atoms with van der Waals surface area (Å²) in [6, 6.07) is 9.46. The minimum absolute atomic E-state index is 0.00906. The van der Waals surface area contributed by atoms with Crippen LogP contribution >= 0.6 is 0 Å². The molecule has 2 N–H and O–H groups in total. The molecule has 1 aliphatic heterocycles. The number of rotatable bonds is 4. The van der Waals surface area contributed by atoms with Crippen LogP contribution in [0.25, 0.3) is 0 Å². The molecule has 1 amide bonds. The van der Waals surface area contributed by atoms with Crippen LogP contribution in [0.3, 0.4) is 0 Å². The maximum atomic E-state index is 11.7. The first-order valence-electron chi connectivity index (χ1n) is 5.96. The molecule has 0 radical (unpaired) electrons. The Kier molecular flexibility index (Phi) is 4.12. The molecule has 1 atom stereocenters. The van der Waals surface area contributed by atoms with Gasteiger partial charge in [0.25, 0.3) is 0 Å². The summed E-state index contributed by atoms with van der Waals surface area (Å²) in [6.07, 6.45) is 0.981. The molecule has 2 rings (SSSR count). The van der Waals surface area contributed by atoms with Crippen molar-refractivity contribution in [1.82, 2.24) is 4.90 Å². The van der Waals surface area contributed by atoms with E-state index in [1.807, 2.05) is 30.3 Å². The summed E-state index contributed by atoms with van der Waals surface area (Å²) in [5.74, 6) is 0.342. The molecule has 1 saturated heterocycles. The Morgan fingerprint density at radius 1 is 1.41 bits per heavy atom. The molecule has 0 bridgehead atoms. The maximum absolute atomic E-state index is 11.7. The van der Waals surface area contributed by atoms with Crippen molar-refractivity contribution in [2.75, 3.05) is 31.6 Å². The highest BCUT2D eigenvalue weighted by Crippen LogP contribution is 2.15. The smallest absolute Gasteiger partial charge is 0.238 e. The van der Waals surface area contributed by atoms with E-state index >= 15 is 0 Å². The van der Waals surface area contributed by atoms with Crippen LogP contribution in [0.4, 0.5) is 5.69 Å². The van der Waals surface area contributed by atoms with Crippen LogP contribution in [0.2, 0.25) is 0 Å². The van der Waals surface area contributed by atoms with Crippen LogP contribution in [0.5, 0.6) is 0 Å². The number of benzene rings is 1. The third-order valence-electron chi connectivity index (χ3n) is 3.05. The Labute approximate surface area is 101 Å². The fourth-order valence-corrected chi connectivity index (χ4v) is 2.13. The van der Waals surface area contributed by atoms with Crippen molar-refractivity contribution in [2.24, 2.45) is 5.92 Å². The van der Waals surface area contributed by atoms with E-state index in [0.29, 0.717) is 12.5 Å². The first-order valence-corrected chi connectivity index (χ1v) is 5.96. The van der Waals surface area contributed by atoms with E-state index in [1.165, 1.54) is 0 Å². The molecule has 92 valence electrons. The standard InChI is InChI=1S/C13H18N2O2/c16-10-11-6-7-15(8-11)9-13(17)14-12-4-2-1-3-5-12/h1-5,11,16H,6-10H2,(H,14,17)/t11-/m1/s1. The second-order valence-electron chi connectivity index (χ2n) is 4.49. The monoisotopic (exact) mass is 234 g/mol. The zero-order chi connectivity index (χ0) is 12.1. The molecule has 1 aromatic rings. The first-order chi connectivity index (χ1) is 8.28. The second kappa shape index (κ2) is 5.80. The topological polar surface area (TPSA) is 52.6 Å². The lowest BCUT2D eigenvalue weighted by Crippen LogP contribution is -2.31. The van der Waals surface area contributed by atoms with Gasteiger partial charge in [0.15, 0.2) is 0 Å². The van der Waals surface area contributed by atoms with Gasteiger partial charge in [0, 0.05) is 18.8 Å². The van der Waals surface area contributed by atoms with Gasteiger partial charge in [-0.3, -0.25) is 9.69 Å². The average Bonchev–Trinajstić information content (AvgIpc) is 2.78. The van der Waals surface area contributed by atoms with E-state index in [-0.39, 0.29) is 12.5 Å². The minimum Gasteiger partial charge on any atom is -0.396 e. The molecule has 1 fully saturated rings. The molecule has 0 aromatic heterocycles. The zero-order valence-electron chi connectivity index (χ0n) is 9.80. The minimum atomic E-state index is 0.00906. The third-order valence-corrected chi connectivity index (χ3v) is 3.05. The summed E-state index contributed by atoms with van der Waals surface area (Å²) >= 11 is 0. The highest BCUT2D eigenvalue weighted by molar-refractivity contribution is 5.92. The molecule has 17 heavy (non-hydrogen) atoms. The average molecular weight is 234 g/mol. The van der Waals surface area contributed by atoms with Gasteiger partial charge < -0.3 is 10.4 Å². The third kappa shape index (κ3) is 3.54. The number of amides is 1. The lowest BCUT2D eigenvalue weighted by atomic mass is 10.1. The predicted molar refractivity (Wildman–Crippen MR) is 66.7 cm³/mol. The van der Waals surface area contributed by atoms with Crippen molar-refractivity contribution in [3.63, 3.8) is 0 Å². The number of aliphatic hydroxyl groups excluding tert-OH is 1. The van der Waals surface area contributed by atoms with E-state index in [2.05, 4.69) is 10.2 Å². The largest absolute Gasteiger partial charge is 0.396 e. The number of likely N-dealkylation sites (tertiary alicyclic amines) is 1. The quantitative estimate of drug-likeness (QED) is 0.815. The highest BCUT2D eigenvalue weighted by Gasteiger charge is 2.23. The van der Waals surface area contributed by atoms with Crippen LogP contribution in [-0.2, 0) is 4.79 Å². The highest BCUT2D eigenvalue weighted by atomic mass is 16.3. The number of aliphatic hydroxyl groups is 1. The second-order valence-corrected chi connectivity index (χ2v) is 4.49. The van der Waals surface area contributed by atoms with Gasteiger partial charge in [0.05, 0.1) is 6.54 Å². The van der Waals surface area contributed by atoms with Crippen molar-refractivity contribution >= 4 is 11.6 Å². The number of hydrogen-bond acceptors (Lipinski definition) is 3. The van der Waals surface area contributed by atoms with Gasteiger partial charge in [-0.15, -0.1) is 0 Å². The molecule has 0 unspecified atom stereocenters. The molecule has 0 saturated carbocycles. The van der Waals surface area contributed by atoms with Gasteiger partial charge in [-0.1, -0.05) is 18.2 Å². The van der Waals surface area contributed by atoms with Crippen molar-refractivity contribution in [2.45, 2.75) is 6.42 Å². The molecule has 4 nitrogen and oxygen atoms in total. The molecule has 0 spiro atoms. The van der Waals surface area contributed by atoms with Crippen LogP contribution in [0, 0.1) is 5.92 Å². The van der Waals surface area contributed by atoms with E-state index < -0.39 is 0 Å². The van der Waals surface area contributed by atoms with Crippen molar-refractivity contribution < 1.29 is 9.90 Å². The van der Waals surface area contributed by atoms with Crippen molar-refractivity contribution in [1.29, 1.82) is 0 Å². The van der Waals surface area contributed by atoms with Crippen LogP contribution in [0.1, 0.15) is 6.42 Å². The molecular formula is C13H18N2O2. The van der Waals surface area contributed by atoms with Crippen LogP contribution in [-0.4, -0.2) is 42.2 Å². The molecule has 1 aromatic carbocycles. The summed E-state index contributed by atoms with van der Waals surface area (Å²) < 4.78 is 0. The molecule has 1 heterocycles. The fourth-order valence-electron chi connectivity index (χ4n) is 2.13. The lowest BCUT2D eigenvalue weighted by Gasteiger charge is -2.15. The van der Waals surface area contributed by atoms with Gasteiger partial charge in [-0.05, 0) is 31.0 Å². The Morgan fingerprint density at radius 2 is 2.18 bits per heavy atom. The maximum Gasteiger partial charge on any atom is 0.238 e. The summed E-state index contributed by atoms with van der Waals surface area (Å²) in [5.41, 5.74) is 0.829. The molecule has 0 aliphatic carbocycles. The van der Waals surface area contributed by atoms with Gasteiger partial charge in [0.1, 0.15) is 0 Å². The number of nitrogens with one attached hydrogen (secondary N) is 1. The lowest BCUT2D eigenvalue weighted by molar-refractivity contribution is -0.117. The molecule has 4 heteroatoms. The fraction of sp³-hybridized carbons (Fsp3) is 0.462. The molecular weight excluding hydrogens is 216 g/mol. The van der Waals surface area contributed by atoms with Gasteiger partial charge >= 0.3 is 0 Å². The number of carbonyl (C=O) groups is 1. The van der Waals surface area contributed by atoms with Crippen molar-refractivity contribution in [3.8, 4) is 0 Å². The normalized spacial score (nSPS) is 20.4. The Bertz CT molecular complexity index is 367. The Morgan fingerprint density at radius 3 is 2.82 bits per heavy atom. The number of anilines is 1. The predicted octanol–water partition coefficient (Wildman–Crippen LogP) is 0.939. The summed E-state index contributed by atoms with van der Waals surface area (Å²) in [4.78, 5) is 13.8. The molecule has 1 aliphatic rings. The Hall–Kier alpha value is -1.39. The van der Waals surface area contributed by atoms with E-state index in [1.54, 1.807) is 0 Å². The van der Waals surface area contributed by atoms with Crippen molar-refractivity contribution in [3.05, 3.63) is 30.3 Å². The Balaban J connectivity index is 1.78. The number of nitrogens with zero attached hydrogens (tertiary/aromatic N) is 1. The SMILES string of the molecule is O=C(CN1CC[C@@H](CO)C1)Nc1ccccc1. The van der Waals surface area contributed by atoms with Crippen LogP contribution in [0.15, 0.2) is 30.3 Å². The summed E-state index contributed by atoms with van der Waals surface area (Å²) in [5, 5.41) is 11.9. The van der Waals surface area contributed by atoms with E-state index in [9.17, 15) is 4.79 Å². The van der Waals surface area contributed by atoms with Gasteiger partial charge in [-0.2, -0.15) is 0 Å².